The van der Waals surface area contributed by atoms with Gasteiger partial charge in [0.15, 0.2) is 28.2 Å². The lowest BCUT2D eigenvalue weighted by atomic mass is 10.1. The molecule has 13 heterocycles. The molecule has 13 aromatic heterocycles. The SMILES string of the molecule is COc1cccc(-c2nc3cnccn3c2Nc2cccc(Cl)c2)c1.Cc1nccn2c(Nc3cccc(Cl)c3)c(-c3ccccc3)nc12.Clc1cccc(Nc2c(-c3ccccn3)nc3cnccn23)c1.Clc1cccc(Nc2c(-c3cccnc3)nc3cnccn23)c1.Clc1cccc(Nc2c(-c3ccncc3)nc3cnccn23)c1. The number of pyridine rings is 3. The molecule has 0 radical (unpaired) electrons. The number of imidazole rings is 5. The monoisotopic (exact) mass is 1650 g/mol. The van der Waals surface area contributed by atoms with E-state index >= 15 is 0 Å². The lowest BCUT2D eigenvalue weighted by Crippen LogP contribution is -1.98. The Morgan fingerprint density at radius 3 is 1.08 bits per heavy atom. The maximum Gasteiger partial charge on any atom is 0.160 e. The molecule has 0 bridgehead atoms. The number of aryl methyl sites for hydroxylation is 1. The van der Waals surface area contributed by atoms with E-state index in [0.29, 0.717) is 25.1 Å². The molecule has 0 aliphatic rings. The zero-order chi connectivity index (χ0) is 80.7. The van der Waals surface area contributed by atoms with E-state index in [0.717, 1.165) is 154 Å². The molecule has 118 heavy (non-hydrogen) atoms. The summed E-state index contributed by atoms with van der Waals surface area (Å²) in [6.45, 7) is 1.96. The van der Waals surface area contributed by atoms with Crippen LogP contribution in [-0.2, 0) is 0 Å². The van der Waals surface area contributed by atoms with E-state index in [1.165, 1.54) is 0 Å². The number of ether oxygens (including phenoxy) is 1. The lowest BCUT2D eigenvalue weighted by Gasteiger charge is -2.10. The highest BCUT2D eigenvalue weighted by atomic mass is 35.5. The number of nitrogens with zero attached hydrogens (tertiary/aromatic N) is 18. The summed E-state index contributed by atoms with van der Waals surface area (Å²) in [6.07, 6.45) is 33.8. The average molecular weight is 1650 g/mol. The maximum atomic E-state index is 6.11. The summed E-state index contributed by atoms with van der Waals surface area (Å²) in [7, 11) is 1.65. The van der Waals surface area contributed by atoms with Crippen molar-refractivity contribution in [3.05, 3.63) is 367 Å². The molecule has 0 saturated heterocycles. The minimum Gasteiger partial charge on any atom is -0.497 e. The van der Waals surface area contributed by atoms with Crippen LogP contribution >= 0.6 is 58.0 Å². The van der Waals surface area contributed by atoms with E-state index < -0.39 is 0 Å². The van der Waals surface area contributed by atoms with Gasteiger partial charge in [0.2, 0.25) is 0 Å². The van der Waals surface area contributed by atoms with Crippen LogP contribution in [0.1, 0.15) is 5.69 Å². The quantitative estimate of drug-likeness (QED) is 0.0602. The third kappa shape index (κ3) is 18.1. The molecule has 24 nitrogen and oxygen atoms in total. The Morgan fingerprint density at radius 2 is 0.653 bits per heavy atom. The maximum absolute atomic E-state index is 6.11. The average Bonchev–Trinajstić information content (AvgIpc) is 1.57. The Hall–Kier alpha value is -14.7. The third-order valence-corrected chi connectivity index (χ3v) is 19.2. The Balaban J connectivity index is 0.000000110. The largest absolute Gasteiger partial charge is 0.497 e. The van der Waals surface area contributed by atoms with Crippen LogP contribution in [0.4, 0.5) is 57.5 Å². The van der Waals surface area contributed by atoms with Gasteiger partial charge in [-0.2, -0.15) is 0 Å². The molecule has 0 unspecified atom stereocenters. The highest BCUT2D eigenvalue weighted by Crippen LogP contribution is 2.38. The Bertz CT molecular complexity index is 6470. The molecular formula is C89H66Cl5N23O. The van der Waals surface area contributed by atoms with Gasteiger partial charge in [-0.25, -0.2) is 24.9 Å². The fourth-order valence-electron chi connectivity index (χ4n) is 12.7. The van der Waals surface area contributed by atoms with E-state index in [1.54, 1.807) is 93.9 Å². The number of benzene rings is 7. The van der Waals surface area contributed by atoms with Crippen molar-refractivity contribution < 1.29 is 4.74 Å². The first-order valence-electron chi connectivity index (χ1n) is 36.6. The van der Waals surface area contributed by atoms with E-state index in [2.05, 4.69) is 81.4 Å². The number of nitrogens with one attached hydrogen (secondary N) is 5. The van der Waals surface area contributed by atoms with Crippen LogP contribution < -0.4 is 31.3 Å². The van der Waals surface area contributed by atoms with Gasteiger partial charge in [0.1, 0.15) is 63.3 Å². The Kier molecular flexibility index (Phi) is 23.7. The van der Waals surface area contributed by atoms with Crippen LogP contribution in [0.5, 0.6) is 5.75 Å². The molecule has 0 fully saturated rings. The van der Waals surface area contributed by atoms with Gasteiger partial charge in [-0.3, -0.25) is 61.9 Å². The van der Waals surface area contributed by atoms with Crippen LogP contribution in [0.3, 0.4) is 0 Å². The second-order valence-electron chi connectivity index (χ2n) is 25.9. The van der Waals surface area contributed by atoms with E-state index in [9.17, 15) is 0 Å². The number of aromatic nitrogens is 18. The minimum absolute atomic E-state index is 0.670. The number of halogens is 5. The van der Waals surface area contributed by atoms with E-state index in [4.69, 9.17) is 72.7 Å². The van der Waals surface area contributed by atoms with Gasteiger partial charge in [-0.15, -0.1) is 0 Å². The molecular weight excluding hydrogens is 1580 g/mol. The lowest BCUT2D eigenvalue weighted by molar-refractivity contribution is 0.415. The summed E-state index contributed by atoms with van der Waals surface area (Å²) in [5, 5.41) is 20.4. The number of hydrogen-bond acceptors (Lipinski definition) is 19. The first kappa shape index (κ1) is 77.3. The molecule has 20 aromatic rings. The summed E-state index contributed by atoms with van der Waals surface area (Å²) in [5.41, 5.74) is 18.0. The Morgan fingerprint density at radius 1 is 0.280 bits per heavy atom. The van der Waals surface area contributed by atoms with Gasteiger partial charge in [-0.05, 0) is 146 Å². The van der Waals surface area contributed by atoms with Crippen molar-refractivity contribution in [3.63, 3.8) is 0 Å². The third-order valence-electron chi connectivity index (χ3n) is 18.1. The van der Waals surface area contributed by atoms with Crippen molar-refractivity contribution in [1.29, 1.82) is 0 Å². The second-order valence-corrected chi connectivity index (χ2v) is 28.1. The summed E-state index contributed by atoms with van der Waals surface area (Å²) in [5.74, 6) is 5.04. The van der Waals surface area contributed by atoms with Crippen molar-refractivity contribution in [2.45, 2.75) is 6.92 Å². The molecule has 0 aliphatic heterocycles. The molecule has 20 rings (SSSR count). The van der Waals surface area contributed by atoms with Crippen LogP contribution in [0.2, 0.25) is 25.1 Å². The highest BCUT2D eigenvalue weighted by molar-refractivity contribution is 6.32. The van der Waals surface area contributed by atoms with Crippen molar-refractivity contribution in [3.8, 4) is 62.2 Å². The van der Waals surface area contributed by atoms with Gasteiger partial charge < -0.3 is 31.3 Å². The first-order valence-corrected chi connectivity index (χ1v) is 38.5. The van der Waals surface area contributed by atoms with Gasteiger partial charge >= 0.3 is 0 Å². The number of methoxy groups -OCH3 is 1. The molecule has 0 saturated carbocycles. The molecule has 0 atom stereocenters. The van der Waals surface area contributed by atoms with Gasteiger partial charge in [-0.1, -0.05) is 137 Å². The van der Waals surface area contributed by atoms with Gasteiger partial charge in [0, 0.05) is 169 Å². The zero-order valence-electron chi connectivity index (χ0n) is 62.6. The summed E-state index contributed by atoms with van der Waals surface area (Å²) in [4.78, 5) is 57.1. The van der Waals surface area contributed by atoms with Crippen LogP contribution in [-0.4, -0.2) is 93.9 Å². The van der Waals surface area contributed by atoms with Gasteiger partial charge in [0.05, 0.1) is 43.3 Å². The molecule has 29 heteroatoms. The predicted octanol–water partition coefficient (Wildman–Crippen LogP) is 22.5. The molecule has 0 spiro atoms. The fourth-order valence-corrected chi connectivity index (χ4v) is 13.7. The molecule has 5 N–H and O–H groups in total. The van der Waals surface area contributed by atoms with Gasteiger partial charge in [0.25, 0.3) is 0 Å². The van der Waals surface area contributed by atoms with Crippen molar-refractivity contribution >= 4 is 144 Å². The van der Waals surface area contributed by atoms with E-state index in [-0.39, 0.29) is 0 Å². The summed E-state index contributed by atoms with van der Waals surface area (Å²) >= 11 is 30.5. The number of rotatable bonds is 16. The van der Waals surface area contributed by atoms with Crippen LogP contribution in [0.15, 0.2) is 336 Å². The second kappa shape index (κ2) is 36.2. The normalized spacial score (nSPS) is 10.8. The van der Waals surface area contributed by atoms with E-state index in [1.807, 2.05) is 278 Å². The minimum atomic E-state index is 0.670. The standard InChI is InChI=1S/C19H15ClN4O.C19H15ClN4.3C17H12ClN5/c1-25-16-7-2-4-13(10-16)18-19(22-15-6-3-5-14(20)11-15)24-9-8-21-12-17(24)23-18;1-13-18-23-17(14-6-3-2-4-7-14)19(24(18)11-10-21-13)22-16-9-5-8-15(20)12-16;18-13-4-1-5-14(9-13)21-17-16(12-3-2-6-19-10-12)22-15-11-20-7-8-23(15)17;18-12-4-3-5-13(10-12)21-17-16(14-6-1-2-7-20-14)22-15-11-19-8-9-23(15)17;18-13-2-1-3-14(10-13)21-17-16(12-4-6-19-7-5-12)22-15-11-20-8-9-23(15)17/h2-12,22H,1H3;2-12,22H,1H3;3*1-11,21H. The topological polar surface area (TPSA) is 259 Å². The smallest absolute Gasteiger partial charge is 0.160 e. The molecule has 578 valence electrons. The predicted molar refractivity (Wildman–Crippen MR) is 470 cm³/mol. The fraction of sp³-hybridized carbons (Fsp3) is 0.0225. The summed E-state index contributed by atoms with van der Waals surface area (Å²) in [6, 6.07) is 69.3. The van der Waals surface area contributed by atoms with Crippen molar-refractivity contribution in [1.82, 2.24) is 86.8 Å². The number of anilines is 10. The van der Waals surface area contributed by atoms with Crippen molar-refractivity contribution in [2.24, 2.45) is 0 Å². The first-order chi connectivity index (χ1) is 57.9. The Labute approximate surface area is 700 Å². The number of hydrogen-bond donors (Lipinski definition) is 5. The highest BCUT2D eigenvalue weighted by Gasteiger charge is 2.21. The molecule has 0 amide bonds. The molecule has 0 aliphatic carbocycles. The van der Waals surface area contributed by atoms with Crippen LogP contribution in [0, 0.1) is 6.92 Å². The molecule has 7 aromatic carbocycles. The summed E-state index contributed by atoms with van der Waals surface area (Å²) < 4.78 is 15.2. The van der Waals surface area contributed by atoms with Crippen LogP contribution in [0.25, 0.3) is 84.7 Å². The number of fused-ring (bicyclic) bond motifs is 5. The van der Waals surface area contributed by atoms with Crippen molar-refractivity contribution in [2.75, 3.05) is 33.7 Å². The zero-order valence-corrected chi connectivity index (χ0v) is 66.4.